The second-order valence-corrected chi connectivity index (χ2v) is 8.79. The van der Waals surface area contributed by atoms with Crippen LogP contribution in [0.15, 0.2) is 10.7 Å². The number of hydrogen-bond donors (Lipinski definition) is 1. The smallest absolute Gasteiger partial charge is 0.215 e. The highest BCUT2D eigenvalue weighted by Gasteiger charge is 2.19. The van der Waals surface area contributed by atoms with Gasteiger partial charge >= 0.3 is 0 Å². The Morgan fingerprint density at radius 1 is 1.30 bits per heavy atom. The monoisotopic (exact) mass is 364 g/mol. The Morgan fingerprint density at radius 2 is 1.90 bits per heavy atom. The van der Waals surface area contributed by atoms with Crippen LogP contribution >= 0.6 is 15.9 Å². The summed E-state index contributed by atoms with van der Waals surface area (Å²) in [4.78, 5) is 8.74. The summed E-state index contributed by atoms with van der Waals surface area (Å²) in [5, 5.41) is 3.02. The lowest BCUT2D eigenvalue weighted by Crippen LogP contribution is -2.28. The van der Waals surface area contributed by atoms with Crippen LogP contribution < -0.4 is 5.32 Å². The van der Waals surface area contributed by atoms with Gasteiger partial charge in [0.1, 0.15) is 16.2 Å². The number of halogens is 1. The first-order valence-electron chi connectivity index (χ1n) is 6.21. The van der Waals surface area contributed by atoms with Crippen molar-refractivity contribution in [1.82, 2.24) is 14.3 Å². The minimum Gasteiger partial charge on any atom is -0.369 e. The van der Waals surface area contributed by atoms with Crippen LogP contribution in [0.3, 0.4) is 0 Å². The highest BCUT2D eigenvalue weighted by Crippen LogP contribution is 2.22. The van der Waals surface area contributed by atoms with Gasteiger partial charge in [-0.2, -0.15) is 0 Å². The van der Waals surface area contributed by atoms with Gasteiger partial charge in [0.05, 0.1) is 5.75 Å². The van der Waals surface area contributed by atoms with Crippen LogP contribution in [0.2, 0.25) is 0 Å². The molecule has 8 heteroatoms. The summed E-state index contributed by atoms with van der Waals surface area (Å²) in [6.07, 6.45) is 0. The molecule has 0 aliphatic heterocycles. The fourth-order valence-corrected chi connectivity index (χ4v) is 2.44. The van der Waals surface area contributed by atoms with Crippen molar-refractivity contribution in [2.45, 2.75) is 26.2 Å². The van der Waals surface area contributed by atoms with Crippen molar-refractivity contribution < 1.29 is 8.42 Å². The largest absolute Gasteiger partial charge is 0.369 e. The van der Waals surface area contributed by atoms with Crippen LogP contribution in [0.1, 0.15) is 26.6 Å². The van der Waals surface area contributed by atoms with Gasteiger partial charge in [-0.05, 0) is 15.9 Å². The first-order valence-corrected chi connectivity index (χ1v) is 8.62. The first kappa shape index (κ1) is 17.3. The Kier molecular flexibility index (Phi) is 5.51. The van der Waals surface area contributed by atoms with Crippen LogP contribution in [-0.2, 0) is 15.4 Å². The second-order valence-electron chi connectivity index (χ2n) is 5.67. The third-order valence-corrected chi connectivity index (χ3v) is 4.83. The molecule has 0 amide bonds. The summed E-state index contributed by atoms with van der Waals surface area (Å²) in [7, 11) is -0.157. The molecule has 0 bridgehead atoms. The van der Waals surface area contributed by atoms with E-state index in [1.165, 1.54) is 18.4 Å². The predicted molar refractivity (Wildman–Crippen MR) is 84.4 cm³/mol. The van der Waals surface area contributed by atoms with Gasteiger partial charge in [0.15, 0.2) is 0 Å². The molecule has 0 radical (unpaired) electrons. The predicted octanol–water partition coefficient (Wildman–Crippen LogP) is 1.84. The Labute approximate surface area is 129 Å². The SMILES string of the molecule is CN(C)S(=O)(=O)CCNc1cc(Br)nc(C(C)(C)C)n1. The molecule has 0 saturated heterocycles. The first-order chi connectivity index (χ1) is 9.02. The molecule has 0 saturated carbocycles. The van der Waals surface area contributed by atoms with Crippen LogP contribution in [0.4, 0.5) is 5.82 Å². The molecule has 6 nitrogen and oxygen atoms in total. The zero-order valence-electron chi connectivity index (χ0n) is 12.4. The molecule has 0 aliphatic rings. The number of aromatic nitrogens is 2. The average Bonchev–Trinajstić information content (AvgIpc) is 2.26. The van der Waals surface area contributed by atoms with Crippen molar-refractivity contribution in [3.63, 3.8) is 0 Å². The van der Waals surface area contributed by atoms with E-state index in [2.05, 4.69) is 31.2 Å². The third kappa shape index (κ3) is 4.99. The van der Waals surface area contributed by atoms with Gasteiger partial charge in [-0.15, -0.1) is 0 Å². The van der Waals surface area contributed by atoms with Crippen molar-refractivity contribution in [2.24, 2.45) is 0 Å². The van der Waals surface area contributed by atoms with E-state index < -0.39 is 10.0 Å². The van der Waals surface area contributed by atoms with Crippen molar-refractivity contribution >= 4 is 31.8 Å². The molecule has 0 fully saturated rings. The number of nitrogens with zero attached hydrogens (tertiary/aromatic N) is 3. The zero-order valence-corrected chi connectivity index (χ0v) is 14.8. The maximum atomic E-state index is 11.7. The molecule has 0 spiro atoms. The molecule has 0 unspecified atom stereocenters. The van der Waals surface area contributed by atoms with E-state index in [0.717, 1.165) is 0 Å². The minimum absolute atomic E-state index is 0.0203. The van der Waals surface area contributed by atoms with Crippen molar-refractivity contribution in [3.05, 3.63) is 16.5 Å². The van der Waals surface area contributed by atoms with E-state index in [0.29, 0.717) is 22.8 Å². The summed E-state index contributed by atoms with van der Waals surface area (Å²) in [5.41, 5.74) is -0.171. The van der Waals surface area contributed by atoms with E-state index >= 15 is 0 Å². The van der Waals surface area contributed by atoms with Gasteiger partial charge in [0.25, 0.3) is 0 Å². The molecule has 114 valence electrons. The van der Waals surface area contributed by atoms with Gasteiger partial charge in [-0.1, -0.05) is 20.8 Å². The maximum absolute atomic E-state index is 11.7. The van der Waals surface area contributed by atoms with E-state index in [9.17, 15) is 8.42 Å². The molecular weight excluding hydrogens is 344 g/mol. The molecular formula is C12H21BrN4O2S. The van der Waals surface area contributed by atoms with E-state index in [4.69, 9.17) is 0 Å². The lowest BCUT2D eigenvalue weighted by atomic mass is 9.96. The highest BCUT2D eigenvalue weighted by molar-refractivity contribution is 9.10. The lowest BCUT2D eigenvalue weighted by molar-refractivity contribution is 0.521. The number of anilines is 1. The topological polar surface area (TPSA) is 75.2 Å². The molecule has 1 aromatic rings. The van der Waals surface area contributed by atoms with Crippen LogP contribution in [0.5, 0.6) is 0 Å². The summed E-state index contributed by atoms with van der Waals surface area (Å²) in [6.45, 7) is 6.37. The number of nitrogens with one attached hydrogen (secondary N) is 1. The second kappa shape index (κ2) is 6.36. The normalized spacial score (nSPS) is 12.8. The summed E-state index contributed by atoms with van der Waals surface area (Å²) in [6, 6.07) is 1.73. The molecule has 1 aromatic heterocycles. The molecule has 0 aliphatic carbocycles. The van der Waals surface area contributed by atoms with Gasteiger partial charge < -0.3 is 5.32 Å². The summed E-state index contributed by atoms with van der Waals surface area (Å²) in [5.74, 6) is 1.34. The number of sulfonamides is 1. The van der Waals surface area contributed by atoms with Crippen molar-refractivity contribution in [1.29, 1.82) is 0 Å². The molecule has 0 atom stereocenters. The van der Waals surface area contributed by atoms with E-state index in [-0.39, 0.29) is 11.2 Å². The maximum Gasteiger partial charge on any atom is 0.215 e. The fourth-order valence-electron chi connectivity index (χ4n) is 1.33. The van der Waals surface area contributed by atoms with E-state index in [1.807, 2.05) is 20.8 Å². The Bertz CT molecular complexity index is 567. The average molecular weight is 365 g/mol. The molecule has 0 aromatic carbocycles. The summed E-state index contributed by atoms with van der Waals surface area (Å²) >= 11 is 3.34. The Morgan fingerprint density at radius 3 is 2.40 bits per heavy atom. The molecule has 20 heavy (non-hydrogen) atoms. The summed E-state index contributed by atoms with van der Waals surface area (Å²) < 4.78 is 25.2. The number of rotatable bonds is 5. The fraction of sp³-hybridized carbons (Fsp3) is 0.667. The lowest BCUT2D eigenvalue weighted by Gasteiger charge is -2.18. The van der Waals surface area contributed by atoms with Gasteiger partial charge in [-0.3, -0.25) is 0 Å². The quantitative estimate of drug-likeness (QED) is 0.806. The van der Waals surface area contributed by atoms with Crippen LogP contribution in [-0.4, -0.2) is 49.1 Å². The van der Waals surface area contributed by atoms with Crippen LogP contribution in [0.25, 0.3) is 0 Å². The number of hydrogen-bond acceptors (Lipinski definition) is 5. The minimum atomic E-state index is -3.20. The standard InChI is InChI=1S/C12H21BrN4O2S/c1-12(2,3)11-15-9(13)8-10(16-11)14-6-7-20(18,19)17(4)5/h8H,6-7H2,1-5H3,(H,14,15,16). The highest BCUT2D eigenvalue weighted by atomic mass is 79.9. The molecule has 1 heterocycles. The Hall–Kier alpha value is -0.730. The van der Waals surface area contributed by atoms with Gasteiger partial charge in [-0.25, -0.2) is 22.7 Å². The van der Waals surface area contributed by atoms with Gasteiger partial charge in [0.2, 0.25) is 10.0 Å². The Balaban J connectivity index is 2.77. The van der Waals surface area contributed by atoms with Crippen LogP contribution in [0, 0.1) is 0 Å². The molecule has 1 N–H and O–H groups in total. The van der Waals surface area contributed by atoms with Crippen molar-refractivity contribution in [2.75, 3.05) is 31.7 Å². The molecule has 1 rings (SSSR count). The van der Waals surface area contributed by atoms with E-state index in [1.54, 1.807) is 6.07 Å². The third-order valence-electron chi connectivity index (χ3n) is 2.59. The van der Waals surface area contributed by atoms with Gasteiger partial charge in [0, 0.05) is 32.1 Å². The van der Waals surface area contributed by atoms with Crippen molar-refractivity contribution in [3.8, 4) is 0 Å². The zero-order chi connectivity index (χ0) is 15.6.